The highest BCUT2D eigenvalue weighted by Crippen LogP contribution is 2.38. The fraction of sp³-hybridized carbons (Fsp3) is 0.261. The third-order valence-electron chi connectivity index (χ3n) is 4.25. The minimum Gasteiger partial charge on any atom is -0.493 e. The van der Waals surface area contributed by atoms with Gasteiger partial charge < -0.3 is 24.3 Å². The average Bonchev–Trinajstić information content (AvgIpc) is 2.80. The summed E-state index contributed by atoms with van der Waals surface area (Å²) in [6, 6.07) is 11.0. The van der Waals surface area contributed by atoms with Crippen LogP contribution in [0.1, 0.15) is 24.2 Å². The first kappa shape index (κ1) is 24.3. The van der Waals surface area contributed by atoms with E-state index in [0.29, 0.717) is 34.9 Å². The van der Waals surface area contributed by atoms with Crippen LogP contribution in [0.3, 0.4) is 0 Å². The Labute approximate surface area is 186 Å². The number of amides is 3. The maximum atomic E-state index is 12.6. The van der Waals surface area contributed by atoms with Gasteiger partial charge in [-0.2, -0.15) is 0 Å². The smallest absolute Gasteiger partial charge is 0.331 e. The number of esters is 1. The number of benzene rings is 2. The number of urea groups is 1. The van der Waals surface area contributed by atoms with E-state index in [1.54, 1.807) is 49.4 Å². The molecule has 32 heavy (non-hydrogen) atoms. The quantitative estimate of drug-likeness (QED) is 0.454. The highest BCUT2D eigenvalue weighted by molar-refractivity contribution is 5.98. The lowest BCUT2D eigenvalue weighted by molar-refractivity contribution is -0.151. The first-order valence-corrected chi connectivity index (χ1v) is 9.75. The van der Waals surface area contributed by atoms with Crippen molar-refractivity contribution in [1.82, 2.24) is 10.6 Å². The molecule has 0 heterocycles. The summed E-state index contributed by atoms with van der Waals surface area (Å²) in [5, 5.41) is 4.62. The SMILES string of the molecule is CCNC(=O)NC(=O)C(OC(=O)/C=C/c1cc(OC)c(OC)c(OC)c1)c1ccccc1. The first-order valence-electron chi connectivity index (χ1n) is 9.75. The van der Waals surface area contributed by atoms with E-state index in [-0.39, 0.29) is 0 Å². The van der Waals surface area contributed by atoms with Crippen LogP contribution in [-0.2, 0) is 14.3 Å². The Kier molecular flexibility index (Phi) is 9.09. The number of ether oxygens (including phenoxy) is 4. The van der Waals surface area contributed by atoms with E-state index >= 15 is 0 Å². The van der Waals surface area contributed by atoms with Crippen molar-refractivity contribution < 1.29 is 33.3 Å². The molecule has 0 saturated carbocycles. The summed E-state index contributed by atoms with van der Waals surface area (Å²) in [6.07, 6.45) is 1.34. The van der Waals surface area contributed by atoms with Crippen molar-refractivity contribution in [2.75, 3.05) is 27.9 Å². The summed E-state index contributed by atoms with van der Waals surface area (Å²) in [5.41, 5.74) is 1.00. The lowest BCUT2D eigenvalue weighted by Crippen LogP contribution is -2.42. The van der Waals surface area contributed by atoms with Gasteiger partial charge in [0.25, 0.3) is 5.91 Å². The van der Waals surface area contributed by atoms with Crippen LogP contribution in [0, 0.1) is 0 Å². The molecule has 2 N–H and O–H groups in total. The fourth-order valence-corrected chi connectivity index (χ4v) is 2.80. The number of hydrogen-bond acceptors (Lipinski definition) is 7. The number of imide groups is 1. The van der Waals surface area contributed by atoms with Gasteiger partial charge in [0.2, 0.25) is 11.9 Å². The Morgan fingerprint density at radius 2 is 1.59 bits per heavy atom. The Hall–Kier alpha value is -4.01. The molecule has 0 spiro atoms. The van der Waals surface area contributed by atoms with Gasteiger partial charge >= 0.3 is 12.0 Å². The zero-order chi connectivity index (χ0) is 23.5. The molecule has 0 aliphatic carbocycles. The third kappa shape index (κ3) is 6.49. The summed E-state index contributed by atoms with van der Waals surface area (Å²) in [7, 11) is 4.45. The monoisotopic (exact) mass is 442 g/mol. The zero-order valence-corrected chi connectivity index (χ0v) is 18.3. The third-order valence-corrected chi connectivity index (χ3v) is 4.25. The molecule has 0 aromatic heterocycles. The molecule has 0 aliphatic heterocycles. The van der Waals surface area contributed by atoms with E-state index in [9.17, 15) is 14.4 Å². The molecule has 0 bridgehead atoms. The lowest BCUT2D eigenvalue weighted by atomic mass is 10.1. The van der Waals surface area contributed by atoms with Crippen molar-refractivity contribution in [2.24, 2.45) is 0 Å². The van der Waals surface area contributed by atoms with Gasteiger partial charge in [-0.05, 0) is 30.7 Å². The second-order valence-electron chi connectivity index (χ2n) is 6.37. The van der Waals surface area contributed by atoms with Crippen LogP contribution in [0.4, 0.5) is 4.79 Å². The maximum Gasteiger partial charge on any atom is 0.331 e. The molecule has 0 saturated heterocycles. The molecule has 1 unspecified atom stereocenters. The largest absolute Gasteiger partial charge is 0.493 e. The zero-order valence-electron chi connectivity index (χ0n) is 18.3. The van der Waals surface area contributed by atoms with Crippen LogP contribution in [0.5, 0.6) is 17.2 Å². The molecule has 0 fully saturated rings. The van der Waals surface area contributed by atoms with E-state index in [1.165, 1.54) is 27.4 Å². The minimum absolute atomic E-state index is 0.340. The molecule has 3 amide bonds. The van der Waals surface area contributed by atoms with Crippen molar-refractivity contribution in [2.45, 2.75) is 13.0 Å². The molecule has 170 valence electrons. The fourth-order valence-electron chi connectivity index (χ4n) is 2.80. The normalized spacial score (nSPS) is 11.4. The van der Waals surface area contributed by atoms with Gasteiger partial charge in [0.15, 0.2) is 11.5 Å². The van der Waals surface area contributed by atoms with Gasteiger partial charge in [0.1, 0.15) is 0 Å². The summed E-state index contributed by atoms with van der Waals surface area (Å²) in [5.74, 6) is -0.289. The maximum absolute atomic E-state index is 12.6. The second-order valence-corrected chi connectivity index (χ2v) is 6.37. The molecule has 2 aromatic carbocycles. The highest BCUT2D eigenvalue weighted by Gasteiger charge is 2.25. The number of rotatable bonds is 9. The Morgan fingerprint density at radius 3 is 2.12 bits per heavy atom. The molecule has 2 rings (SSSR count). The number of carbonyl (C=O) groups excluding carboxylic acids is 3. The summed E-state index contributed by atoms with van der Waals surface area (Å²) >= 11 is 0. The standard InChI is InChI=1S/C23H26N2O7/c1-5-24-23(28)25-22(27)20(16-9-7-6-8-10-16)32-19(26)12-11-15-13-17(29-2)21(31-4)18(14-15)30-3/h6-14,20H,5H2,1-4H3,(H2,24,25,27,28)/b12-11+. The predicted molar refractivity (Wildman–Crippen MR) is 118 cm³/mol. The van der Waals surface area contributed by atoms with Gasteiger partial charge in [0.05, 0.1) is 21.3 Å². The molecule has 1 atom stereocenters. The number of hydrogen-bond donors (Lipinski definition) is 2. The van der Waals surface area contributed by atoms with E-state index in [1.807, 2.05) is 0 Å². The number of carbonyl (C=O) groups is 3. The topological polar surface area (TPSA) is 112 Å². The molecule has 0 aliphatic rings. The molecule has 9 nitrogen and oxygen atoms in total. The number of nitrogens with one attached hydrogen (secondary N) is 2. The second kappa shape index (κ2) is 12.0. The van der Waals surface area contributed by atoms with Crippen LogP contribution in [-0.4, -0.2) is 45.8 Å². The van der Waals surface area contributed by atoms with Crippen LogP contribution in [0.15, 0.2) is 48.5 Å². The molecule has 9 heteroatoms. The van der Waals surface area contributed by atoms with Gasteiger partial charge in [-0.25, -0.2) is 9.59 Å². The van der Waals surface area contributed by atoms with Gasteiger partial charge in [-0.15, -0.1) is 0 Å². The molecule has 2 aromatic rings. The van der Waals surface area contributed by atoms with Crippen LogP contribution < -0.4 is 24.8 Å². The van der Waals surface area contributed by atoms with E-state index in [2.05, 4.69) is 10.6 Å². The molecular formula is C23H26N2O7. The Morgan fingerprint density at radius 1 is 0.969 bits per heavy atom. The van der Waals surface area contributed by atoms with Gasteiger partial charge in [0, 0.05) is 18.2 Å². The van der Waals surface area contributed by atoms with Crippen molar-refractivity contribution in [3.63, 3.8) is 0 Å². The minimum atomic E-state index is -1.31. The highest BCUT2D eigenvalue weighted by atomic mass is 16.5. The van der Waals surface area contributed by atoms with Crippen LogP contribution >= 0.6 is 0 Å². The van der Waals surface area contributed by atoms with E-state index < -0.39 is 24.0 Å². The van der Waals surface area contributed by atoms with Crippen LogP contribution in [0.25, 0.3) is 6.08 Å². The van der Waals surface area contributed by atoms with Crippen molar-refractivity contribution >= 4 is 24.0 Å². The van der Waals surface area contributed by atoms with Gasteiger partial charge in [-0.1, -0.05) is 30.3 Å². The average molecular weight is 442 g/mol. The van der Waals surface area contributed by atoms with Crippen LogP contribution in [0.2, 0.25) is 0 Å². The van der Waals surface area contributed by atoms with E-state index in [0.717, 1.165) is 6.08 Å². The Bertz CT molecular complexity index is 949. The van der Waals surface area contributed by atoms with Crippen molar-refractivity contribution in [3.8, 4) is 17.2 Å². The first-order chi connectivity index (χ1) is 15.4. The summed E-state index contributed by atoms with van der Waals surface area (Å²) in [4.78, 5) is 36.8. The Balaban J connectivity index is 2.22. The lowest BCUT2D eigenvalue weighted by Gasteiger charge is -2.17. The van der Waals surface area contributed by atoms with Crippen molar-refractivity contribution in [3.05, 3.63) is 59.7 Å². The number of methoxy groups -OCH3 is 3. The molecule has 0 radical (unpaired) electrons. The molecular weight excluding hydrogens is 416 g/mol. The van der Waals surface area contributed by atoms with E-state index in [4.69, 9.17) is 18.9 Å². The predicted octanol–water partition coefficient (Wildman–Crippen LogP) is 2.86. The summed E-state index contributed by atoms with van der Waals surface area (Å²) < 4.78 is 21.2. The van der Waals surface area contributed by atoms with Crippen molar-refractivity contribution in [1.29, 1.82) is 0 Å². The van der Waals surface area contributed by atoms with Gasteiger partial charge in [-0.3, -0.25) is 10.1 Å². The summed E-state index contributed by atoms with van der Waals surface area (Å²) in [6.45, 7) is 2.05.